The van der Waals surface area contributed by atoms with Crippen LogP contribution in [0, 0.1) is 0 Å². The molecule has 0 aliphatic heterocycles. The molecule has 8 heteroatoms. The molecule has 0 unspecified atom stereocenters. The van der Waals surface area contributed by atoms with Gasteiger partial charge >= 0.3 is 6.01 Å². The number of aromatic nitrogens is 3. The summed E-state index contributed by atoms with van der Waals surface area (Å²) < 4.78 is 5.48. The van der Waals surface area contributed by atoms with Crippen molar-refractivity contribution in [1.29, 1.82) is 0 Å². The first-order valence-corrected chi connectivity index (χ1v) is 5.70. The zero-order valence-electron chi connectivity index (χ0n) is 11.3. The van der Waals surface area contributed by atoms with Gasteiger partial charge in [0.25, 0.3) is 0 Å². The van der Waals surface area contributed by atoms with E-state index in [0.717, 1.165) is 13.0 Å². The summed E-state index contributed by atoms with van der Waals surface area (Å²) in [5.74, 6) is 6.09. The zero-order valence-corrected chi connectivity index (χ0v) is 11.3. The van der Waals surface area contributed by atoms with E-state index in [9.17, 15) is 0 Å². The van der Waals surface area contributed by atoms with Gasteiger partial charge in [-0.25, -0.2) is 5.84 Å². The Balaban J connectivity index is 2.61. The van der Waals surface area contributed by atoms with Crippen molar-refractivity contribution in [3.63, 3.8) is 0 Å². The molecule has 0 saturated carbocycles. The molecule has 0 aliphatic carbocycles. The van der Waals surface area contributed by atoms with Crippen molar-refractivity contribution in [2.24, 2.45) is 5.84 Å². The molecule has 0 aliphatic rings. The van der Waals surface area contributed by atoms with Crippen molar-refractivity contribution in [3.05, 3.63) is 0 Å². The molecule has 102 valence electrons. The largest absolute Gasteiger partial charge is 0.463 e. The highest BCUT2D eigenvalue weighted by atomic mass is 16.5. The number of rotatable bonds is 7. The van der Waals surface area contributed by atoms with Gasteiger partial charge in [0, 0.05) is 20.6 Å². The van der Waals surface area contributed by atoms with E-state index in [2.05, 4.69) is 25.3 Å². The molecule has 3 N–H and O–H groups in total. The fourth-order valence-electron chi connectivity index (χ4n) is 1.22. The van der Waals surface area contributed by atoms with Crippen molar-refractivity contribution in [1.82, 2.24) is 19.9 Å². The lowest BCUT2D eigenvalue weighted by Crippen LogP contribution is -2.19. The van der Waals surface area contributed by atoms with Crippen molar-refractivity contribution in [3.8, 4) is 6.01 Å². The molecule has 0 saturated heterocycles. The molecule has 1 aromatic heterocycles. The van der Waals surface area contributed by atoms with Crippen LogP contribution >= 0.6 is 0 Å². The fraction of sp³-hybridized carbons (Fsp3) is 0.700. The Hall–Kier alpha value is -1.67. The number of ether oxygens (including phenoxy) is 1. The van der Waals surface area contributed by atoms with Gasteiger partial charge in [-0.05, 0) is 20.5 Å². The Labute approximate surface area is 107 Å². The smallest absolute Gasteiger partial charge is 0.323 e. The number of nitrogen functional groups attached to an aromatic ring is 1. The predicted octanol–water partition coefficient (Wildman–Crippen LogP) is -0.446. The molecule has 1 aromatic rings. The maximum Gasteiger partial charge on any atom is 0.323 e. The highest BCUT2D eigenvalue weighted by Gasteiger charge is 2.08. The summed E-state index contributed by atoms with van der Waals surface area (Å²) in [7, 11) is 7.71. The Morgan fingerprint density at radius 1 is 1.17 bits per heavy atom. The lowest BCUT2D eigenvalue weighted by molar-refractivity contribution is 0.263. The standard InChI is InChI=1S/C10H21N7O/c1-16(2)6-5-7-18-10-13-8(15-11)12-9(14-10)17(3)4/h5-7,11H2,1-4H3,(H,12,13,14,15). The summed E-state index contributed by atoms with van der Waals surface area (Å²) in [5.41, 5.74) is 2.39. The van der Waals surface area contributed by atoms with Crippen molar-refractivity contribution >= 4 is 11.9 Å². The first-order chi connectivity index (χ1) is 8.52. The van der Waals surface area contributed by atoms with Crippen LogP contribution in [0.25, 0.3) is 0 Å². The summed E-state index contributed by atoms with van der Waals surface area (Å²) in [6, 6.07) is 0.278. The molecule has 0 atom stereocenters. The molecule has 0 amide bonds. The molecule has 0 spiro atoms. The number of nitrogens with zero attached hydrogens (tertiary/aromatic N) is 5. The van der Waals surface area contributed by atoms with Crippen LogP contribution in [0.4, 0.5) is 11.9 Å². The molecule has 0 aromatic carbocycles. The van der Waals surface area contributed by atoms with Crippen LogP contribution in [-0.4, -0.2) is 61.2 Å². The van der Waals surface area contributed by atoms with E-state index < -0.39 is 0 Å². The highest BCUT2D eigenvalue weighted by Crippen LogP contribution is 2.12. The van der Waals surface area contributed by atoms with Gasteiger partial charge in [0.2, 0.25) is 11.9 Å². The van der Waals surface area contributed by atoms with Crippen molar-refractivity contribution in [2.45, 2.75) is 6.42 Å². The van der Waals surface area contributed by atoms with E-state index in [1.165, 1.54) is 0 Å². The summed E-state index contributed by atoms with van der Waals surface area (Å²) in [5, 5.41) is 0. The number of nitrogens with one attached hydrogen (secondary N) is 1. The summed E-state index contributed by atoms with van der Waals surface area (Å²) in [6.45, 7) is 1.51. The number of hydrazine groups is 1. The minimum Gasteiger partial charge on any atom is -0.463 e. The SMILES string of the molecule is CN(C)CCCOc1nc(NN)nc(N(C)C)n1. The molecule has 0 radical (unpaired) electrons. The Morgan fingerprint density at radius 3 is 2.44 bits per heavy atom. The quantitative estimate of drug-likeness (QED) is 0.384. The third-order valence-corrected chi connectivity index (χ3v) is 2.11. The summed E-state index contributed by atoms with van der Waals surface area (Å²) in [4.78, 5) is 16.1. The van der Waals surface area contributed by atoms with Gasteiger partial charge in [-0.15, -0.1) is 0 Å². The van der Waals surface area contributed by atoms with E-state index in [1.807, 2.05) is 28.2 Å². The third kappa shape index (κ3) is 4.68. The Kier molecular flexibility index (Phi) is 5.53. The van der Waals surface area contributed by atoms with Crippen LogP contribution in [0.2, 0.25) is 0 Å². The Morgan fingerprint density at radius 2 is 1.89 bits per heavy atom. The topological polar surface area (TPSA) is 92.4 Å². The number of hydrogen-bond donors (Lipinski definition) is 2. The minimum atomic E-state index is 0.278. The van der Waals surface area contributed by atoms with Gasteiger partial charge < -0.3 is 14.5 Å². The van der Waals surface area contributed by atoms with Crippen LogP contribution in [-0.2, 0) is 0 Å². The predicted molar refractivity (Wildman–Crippen MR) is 70.6 cm³/mol. The first kappa shape index (κ1) is 14.4. The molecule has 0 bridgehead atoms. The minimum absolute atomic E-state index is 0.278. The molecular weight excluding hydrogens is 234 g/mol. The van der Waals surface area contributed by atoms with Crippen LogP contribution in [0.15, 0.2) is 0 Å². The second-order valence-electron chi connectivity index (χ2n) is 4.29. The molecule has 0 fully saturated rings. The average Bonchev–Trinajstić information content (AvgIpc) is 2.34. The molecule has 1 rings (SSSR count). The number of anilines is 2. The zero-order chi connectivity index (χ0) is 13.5. The lowest BCUT2D eigenvalue weighted by Gasteiger charge is -2.13. The maximum atomic E-state index is 5.48. The van der Waals surface area contributed by atoms with Gasteiger partial charge in [-0.3, -0.25) is 5.43 Å². The van der Waals surface area contributed by atoms with Gasteiger partial charge in [0.1, 0.15) is 0 Å². The van der Waals surface area contributed by atoms with Crippen LogP contribution < -0.4 is 20.9 Å². The lowest BCUT2D eigenvalue weighted by atomic mass is 10.4. The number of hydrogen-bond acceptors (Lipinski definition) is 8. The molecule has 1 heterocycles. The van der Waals surface area contributed by atoms with E-state index in [4.69, 9.17) is 10.6 Å². The summed E-state index contributed by atoms with van der Waals surface area (Å²) >= 11 is 0. The van der Waals surface area contributed by atoms with E-state index >= 15 is 0 Å². The maximum absolute atomic E-state index is 5.48. The molecule has 18 heavy (non-hydrogen) atoms. The Bertz CT molecular complexity index is 369. The van der Waals surface area contributed by atoms with E-state index in [-0.39, 0.29) is 12.0 Å². The van der Waals surface area contributed by atoms with Crippen molar-refractivity contribution in [2.75, 3.05) is 51.7 Å². The second kappa shape index (κ2) is 6.92. The van der Waals surface area contributed by atoms with Crippen molar-refractivity contribution < 1.29 is 4.74 Å². The van der Waals surface area contributed by atoms with E-state index in [0.29, 0.717) is 12.6 Å². The molecule has 8 nitrogen and oxygen atoms in total. The van der Waals surface area contributed by atoms with Gasteiger partial charge in [-0.1, -0.05) is 0 Å². The average molecular weight is 255 g/mol. The highest BCUT2D eigenvalue weighted by molar-refractivity contribution is 5.35. The second-order valence-corrected chi connectivity index (χ2v) is 4.29. The normalized spacial score (nSPS) is 10.6. The van der Waals surface area contributed by atoms with Gasteiger partial charge in [0.15, 0.2) is 0 Å². The van der Waals surface area contributed by atoms with Gasteiger partial charge in [-0.2, -0.15) is 15.0 Å². The third-order valence-electron chi connectivity index (χ3n) is 2.11. The number of nitrogens with two attached hydrogens (primary N) is 1. The van der Waals surface area contributed by atoms with Crippen LogP contribution in [0.3, 0.4) is 0 Å². The van der Waals surface area contributed by atoms with Crippen LogP contribution in [0.5, 0.6) is 6.01 Å². The molecular formula is C10H21N7O. The summed E-state index contributed by atoms with van der Waals surface area (Å²) in [6.07, 6.45) is 0.904. The first-order valence-electron chi connectivity index (χ1n) is 5.70. The fourth-order valence-corrected chi connectivity index (χ4v) is 1.22. The van der Waals surface area contributed by atoms with E-state index in [1.54, 1.807) is 4.90 Å². The van der Waals surface area contributed by atoms with Crippen LogP contribution in [0.1, 0.15) is 6.42 Å². The monoisotopic (exact) mass is 255 g/mol. The van der Waals surface area contributed by atoms with Gasteiger partial charge in [0.05, 0.1) is 6.61 Å².